The molecular formula is C21H21NO2. The summed E-state index contributed by atoms with van der Waals surface area (Å²) in [5.74, 6) is 0.926. The number of ether oxygens (including phenoxy) is 1. The summed E-state index contributed by atoms with van der Waals surface area (Å²) in [6.45, 7) is 0. The summed E-state index contributed by atoms with van der Waals surface area (Å²) >= 11 is 0. The molecule has 3 aromatic rings. The standard InChI is InChI=1S/C21H21NO2/c1-22(19-13-11-16-7-3-4-9-18(16)15-19)21(23)14-12-17-8-5-6-10-20(17)24-2/h3-11,13,15H,12,14H2,1-2H3. The number of para-hydroxylation sites is 1. The monoisotopic (exact) mass is 319 g/mol. The van der Waals surface area contributed by atoms with Gasteiger partial charge in [-0.3, -0.25) is 4.79 Å². The molecule has 0 spiro atoms. The average molecular weight is 319 g/mol. The van der Waals surface area contributed by atoms with E-state index in [1.165, 1.54) is 5.39 Å². The van der Waals surface area contributed by atoms with Gasteiger partial charge in [-0.1, -0.05) is 48.5 Å². The molecule has 0 unspecified atom stereocenters. The number of anilines is 1. The lowest BCUT2D eigenvalue weighted by atomic mass is 10.1. The van der Waals surface area contributed by atoms with Crippen LogP contribution in [0.15, 0.2) is 66.7 Å². The molecular weight excluding hydrogens is 298 g/mol. The number of carbonyl (C=O) groups is 1. The molecule has 0 heterocycles. The van der Waals surface area contributed by atoms with Crippen LogP contribution >= 0.6 is 0 Å². The number of rotatable bonds is 5. The molecule has 0 bridgehead atoms. The third-order valence-electron chi connectivity index (χ3n) is 4.30. The third-order valence-corrected chi connectivity index (χ3v) is 4.30. The van der Waals surface area contributed by atoms with E-state index in [1.54, 1.807) is 12.0 Å². The highest BCUT2D eigenvalue weighted by Crippen LogP contribution is 2.23. The molecule has 0 aliphatic carbocycles. The number of methoxy groups -OCH3 is 1. The van der Waals surface area contributed by atoms with E-state index in [-0.39, 0.29) is 5.91 Å². The zero-order valence-electron chi connectivity index (χ0n) is 14.0. The van der Waals surface area contributed by atoms with E-state index >= 15 is 0 Å². The summed E-state index contributed by atoms with van der Waals surface area (Å²) in [4.78, 5) is 14.3. The molecule has 3 rings (SSSR count). The SMILES string of the molecule is COc1ccccc1CCC(=O)N(C)c1ccc2ccccc2c1. The van der Waals surface area contributed by atoms with Gasteiger partial charge in [0.2, 0.25) is 5.91 Å². The van der Waals surface area contributed by atoms with Gasteiger partial charge in [-0.2, -0.15) is 0 Å². The van der Waals surface area contributed by atoms with Crippen LogP contribution in [0.3, 0.4) is 0 Å². The Kier molecular flexibility index (Phi) is 4.80. The molecule has 3 aromatic carbocycles. The minimum absolute atomic E-state index is 0.0937. The second kappa shape index (κ2) is 7.18. The highest BCUT2D eigenvalue weighted by molar-refractivity contribution is 5.96. The lowest BCUT2D eigenvalue weighted by Crippen LogP contribution is -2.26. The normalized spacial score (nSPS) is 10.6. The van der Waals surface area contributed by atoms with Crippen molar-refractivity contribution in [1.82, 2.24) is 0 Å². The minimum Gasteiger partial charge on any atom is -0.496 e. The molecule has 0 N–H and O–H groups in total. The number of aryl methyl sites for hydroxylation is 1. The smallest absolute Gasteiger partial charge is 0.227 e. The van der Waals surface area contributed by atoms with Crippen LogP contribution in [0, 0.1) is 0 Å². The summed E-state index contributed by atoms with van der Waals surface area (Å²) in [5.41, 5.74) is 1.97. The first-order valence-corrected chi connectivity index (χ1v) is 8.06. The van der Waals surface area contributed by atoms with E-state index in [0.717, 1.165) is 22.4 Å². The number of fused-ring (bicyclic) bond motifs is 1. The van der Waals surface area contributed by atoms with Crippen molar-refractivity contribution in [3.05, 3.63) is 72.3 Å². The van der Waals surface area contributed by atoms with Crippen LogP contribution in [0.4, 0.5) is 5.69 Å². The minimum atomic E-state index is 0.0937. The average Bonchev–Trinajstić information content (AvgIpc) is 2.65. The Bertz CT molecular complexity index is 857. The molecule has 24 heavy (non-hydrogen) atoms. The van der Waals surface area contributed by atoms with Crippen LogP contribution in [0.2, 0.25) is 0 Å². The van der Waals surface area contributed by atoms with Crippen molar-refractivity contribution in [1.29, 1.82) is 0 Å². The van der Waals surface area contributed by atoms with Gasteiger partial charge in [0.05, 0.1) is 7.11 Å². The van der Waals surface area contributed by atoms with Crippen molar-refractivity contribution in [2.24, 2.45) is 0 Å². The maximum Gasteiger partial charge on any atom is 0.227 e. The Labute approximate surface area is 142 Å². The van der Waals surface area contributed by atoms with Crippen LogP contribution in [0.5, 0.6) is 5.75 Å². The summed E-state index contributed by atoms with van der Waals surface area (Å²) in [6.07, 6.45) is 1.12. The van der Waals surface area contributed by atoms with Crippen molar-refractivity contribution < 1.29 is 9.53 Å². The van der Waals surface area contributed by atoms with Crippen molar-refractivity contribution in [2.45, 2.75) is 12.8 Å². The third kappa shape index (κ3) is 3.40. The second-order valence-electron chi connectivity index (χ2n) is 5.80. The number of nitrogens with zero attached hydrogens (tertiary/aromatic N) is 1. The van der Waals surface area contributed by atoms with Crippen LogP contribution in [-0.2, 0) is 11.2 Å². The fourth-order valence-corrected chi connectivity index (χ4v) is 2.85. The molecule has 1 amide bonds. The van der Waals surface area contributed by atoms with Crippen molar-refractivity contribution in [2.75, 3.05) is 19.1 Å². The van der Waals surface area contributed by atoms with Crippen LogP contribution in [0.25, 0.3) is 10.8 Å². The highest BCUT2D eigenvalue weighted by atomic mass is 16.5. The molecule has 122 valence electrons. The van der Waals surface area contributed by atoms with Crippen LogP contribution < -0.4 is 9.64 Å². The van der Waals surface area contributed by atoms with Crippen molar-refractivity contribution in [3.63, 3.8) is 0 Å². The van der Waals surface area contributed by atoms with E-state index in [9.17, 15) is 4.79 Å². The van der Waals surface area contributed by atoms with Gasteiger partial charge < -0.3 is 9.64 Å². The second-order valence-corrected chi connectivity index (χ2v) is 5.80. The maximum atomic E-state index is 12.5. The van der Waals surface area contributed by atoms with Crippen LogP contribution in [0.1, 0.15) is 12.0 Å². The summed E-state index contributed by atoms with van der Waals surface area (Å²) in [5, 5.41) is 2.32. The maximum absolute atomic E-state index is 12.5. The Hall–Kier alpha value is -2.81. The number of amides is 1. The lowest BCUT2D eigenvalue weighted by molar-refractivity contribution is -0.118. The van der Waals surface area contributed by atoms with Gasteiger partial charge in [-0.25, -0.2) is 0 Å². The number of hydrogen-bond acceptors (Lipinski definition) is 2. The van der Waals surface area contributed by atoms with Gasteiger partial charge in [-0.15, -0.1) is 0 Å². The summed E-state index contributed by atoms with van der Waals surface area (Å²) < 4.78 is 5.35. The molecule has 3 nitrogen and oxygen atoms in total. The van der Waals surface area contributed by atoms with E-state index in [0.29, 0.717) is 12.8 Å². The van der Waals surface area contributed by atoms with Crippen molar-refractivity contribution >= 4 is 22.4 Å². The first-order chi connectivity index (χ1) is 11.7. The molecule has 3 heteroatoms. The van der Waals surface area contributed by atoms with Gasteiger partial charge >= 0.3 is 0 Å². The summed E-state index contributed by atoms with van der Waals surface area (Å²) in [6, 6.07) is 22.1. The van der Waals surface area contributed by atoms with Gasteiger partial charge in [0.25, 0.3) is 0 Å². The predicted molar refractivity (Wildman–Crippen MR) is 98.7 cm³/mol. The number of hydrogen-bond donors (Lipinski definition) is 0. The predicted octanol–water partition coefficient (Wildman–Crippen LogP) is 4.44. The topological polar surface area (TPSA) is 29.5 Å². The Balaban J connectivity index is 1.71. The van der Waals surface area contributed by atoms with E-state index in [4.69, 9.17) is 4.74 Å². The fraction of sp³-hybridized carbons (Fsp3) is 0.190. The Morgan fingerprint density at radius 2 is 1.67 bits per heavy atom. The zero-order valence-corrected chi connectivity index (χ0v) is 14.0. The summed E-state index contributed by atoms with van der Waals surface area (Å²) in [7, 11) is 3.48. The van der Waals surface area contributed by atoms with E-state index in [2.05, 4.69) is 24.3 Å². The molecule has 0 atom stereocenters. The van der Waals surface area contributed by atoms with Gasteiger partial charge in [0.1, 0.15) is 5.75 Å². The lowest BCUT2D eigenvalue weighted by Gasteiger charge is -2.18. The van der Waals surface area contributed by atoms with Crippen molar-refractivity contribution in [3.8, 4) is 5.75 Å². The Morgan fingerprint density at radius 1 is 0.958 bits per heavy atom. The van der Waals surface area contributed by atoms with E-state index in [1.807, 2.05) is 49.5 Å². The highest BCUT2D eigenvalue weighted by Gasteiger charge is 2.12. The molecule has 0 saturated heterocycles. The van der Waals surface area contributed by atoms with Crippen LogP contribution in [-0.4, -0.2) is 20.1 Å². The molecule has 0 saturated carbocycles. The molecule has 0 aromatic heterocycles. The Morgan fingerprint density at radius 3 is 2.46 bits per heavy atom. The van der Waals surface area contributed by atoms with Gasteiger partial charge in [0.15, 0.2) is 0 Å². The quantitative estimate of drug-likeness (QED) is 0.695. The van der Waals surface area contributed by atoms with Gasteiger partial charge in [0, 0.05) is 19.2 Å². The number of carbonyl (C=O) groups excluding carboxylic acids is 1. The largest absolute Gasteiger partial charge is 0.496 e. The van der Waals surface area contributed by atoms with Gasteiger partial charge in [-0.05, 0) is 41.0 Å². The van der Waals surface area contributed by atoms with E-state index < -0.39 is 0 Å². The first kappa shape index (κ1) is 16.1. The molecule has 0 aliphatic heterocycles. The molecule has 0 radical (unpaired) electrons. The molecule has 0 fully saturated rings. The number of benzene rings is 3. The fourth-order valence-electron chi connectivity index (χ4n) is 2.85. The zero-order chi connectivity index (χ0) is 16.9. The molecule has 0 aliphatic rings. The first-order valence-electron chi connectivity index (χ1n) is 8.06.